The zero-order valence-electron chi connectivity index (χ0n) is 22.2. The van der Waals surface area contributed by atoms with Crippen molar-refractivity contribution in [2.75, 3.05) is 6.54 Å². The van der Waals surface area contributed by atoms with Crippen LogP contribution in [0.5, 0.6) is 0 Å². The Balaban J connectivity index is 1.44. The third-order valence-electron chi connectivity index (χ3n) is 6.57. The van der Waals surface area contributed by atoms with E-state index in [0.717, 1.165) is 54.0 Å². The molecule has 2 amide bonds. The fourth-order valence-electron chi connectivity index (χ4n) is 4.34. The van der Waals surface area contributed by atoms with E-state index in [1.807, 2.05) is 63.6 Å². The van der Waals surface area contributed by atoms with Gasteiger partial charge >= 0.3 is 0 Å². The molecule has 0 fully saturated rings. The highest BCUT2D eigenvalue weighted by Gasteiger charge is 2.18. The molecule has 3 aromatic heterocycles. The van der Waals surface area contributed by atoms with Gasteiger partial charge in [-0.2, -0.15) is 10.2 Å². The van der Waals surface area contributed by atoms with Gasteiger partial charge < -0.3 is 16.0 Å². The minimum absolute atomic E-state index is 0.00536. The second kappa shape index (κ2) is 12.4. The number of rotatable bonds is 13. The minimum atomic E-state index is -0.277. The van der Waals surface area contributed by atoms with Crippen molar-refractivity contribution >= 4 is 11.8 Å². The van der Waals surface area contributed by atoms with E-state index in [1.54, 1.807) is 21.8 Å². The second-order valence-electron chi connectivity index (χ2n) is 9.91. The first-order valence-electron chi connectivity index (χ1n) is 13.1. The molecular weight excluding hydrogens is 480 g/mol. The number of unbranched alkanes of at least 4 members (excludes halogenated alkanes) is 2. The normalized spacial score (nSPS) is 12.1. The Hall–Kier alpha value is -4.21. The van der Waals surface area contributed by atoms with Crippen LogP contribution in [-0.4, -0.2) is 47.9 Å². The SMILES string of the molecule is CC(C)n1cc(C(=O)NCC(CCCCCC(N)=O)c2ncc(-c3ccc(-c4ccn(C)n4)cc3)[nH]2)cn1. The van der Waals surface area contributed by atoms with Crippen molar-refractivity contribution in [2.45, 2.75) is 57.9 Å². The van der Waals surface area contributed by atoms with Crippen LogP contribution in [0.1, 0.15) is 74.1 Å². The zero-order chi connectivity index (χ0) is 27.1. The Morgan fingerprint density at radius 2 is 1.82 bits per heavy atom. The standard InChI is InChI=1S/C28H36N8O2/c1-19(2)36-18-23(16-32-36)28(38)31-15-22(7-5-4-6-8-26(29)37)27-30-17-25(33-27)21-11-9-20(10-12-21)24-13-14-35(3)34-24/h9-14,16-19,22H,4-8,15H2,1-3H3,(H2,29,37)(H,30,33)(H,31,38). The number of H-pyrrole nitrogens is 1. The van der Waals surface area contributed by atoms with E-state index in [2.05, 4.69) is 25.5 Å². The van der Waals surface area contributed by atoms with Crippen LogP contribution in [0.25, 0.3) is 22.5 Å². The third-order valence-corrected chi connectivity index (χ3v) is 6.57. The molecule has 10 nitrogen and oxygen atoms in total. The average molecular weight is 517 g/mol. The first-order valence-corrected chi connectivity index (χ1v) is 13.1. The molecule has 0 saturated carbocycles. The number of hydrogen-bond acceptors (Lipinski definition) is 5. The number of hydrogen-bond donors (Lipinski definition) is 3. The van der Waals surface area contributed by atoms with Gasteiger partial charge in [-0.3, -0.25) is 19.0 Å². The maximum absolute atomic E-state index is 12.8. The number of benzene rings is 1. The predicted molar refractivity (Wildman–Crippen MR) is 146 cm³/mol. The van der Waals surface area contributed by atoms with E-state index in [4.69, 9.17) is 5.73 Å². The summed E-state index contributed by atoms with van der Waals surface area (Å²) in [5.41, 5.74) is 9.71. The summed E-state index contributed by atoms with van der Waals surface area (Å²) in [5, 5.41) is 11.8. The number of aromatic nitrogens is 6. The number of nitrogens with zero attached hydrogens (tertiary/aromatic N) is 5. The molecule has 0 bridgehead atoms. The summed E-state index contributed by atoms with van der Waals surface area (Å²) in [4.78, 5) is 32.0. The summed E-state index contributed by atoms with van der Waals surface area (Å²) in [6.07, 6.45) is 10.9. The topological polar surface area (TPSA) is 137 Å². The molecule has 4 N–H and O–H groups in total. The molecule has 0 spiro atoms. The number of nitrogens with one attached hydrogen (secondary N) is 2. The Labute approximate surface area is 222 Å². The summed E-state index contributed by atoms with van der Waals surface area (Å²) >= 11 is 0. The van der Waals surface area contributed by atoms with E-state index in [1.165, 1.54) is 0 Å². The minimum Gasteiger partial charge on any atom is -0.370 e. The fourth-order valence-corrected chi connectivity index (χ4v) is 4.34. The van der Waals surface area contributed by atoms with Gasteiger partial charge in [0.1, 0.15) is 5.82 Å². The summed E-state index contributed by atoms with van der Waals surface area (Å²) in [6, 6.07) is 10.4. The highest BCUT2D eigenvalue weighted by molar-refractivity contribution is 5.93. The zero-order valence-corrected chi connectivity index (χ0v) is 22.2. The third kappa shape index (κ3) is 6.96. The van der Waals surface area contributed by atoms with Gasteiger partial charge in [0.05, 0.1) is 29.3 Å². The summed E-state index contributed by atoms with van der Waals surface area (Å²) in [6.45, 7) is 4.47. The number of amides is 2. The number of carbonyl (C=O) groups excluding carboxylic acids is 2. The van der Waals surface area contributed by atoms with Crippen molar-refractivity contribution in [1.29, 1.82) is 0 Å². The van der Waals surface area contributed by atoms with Gasteiger partial charge in [0.15, 0.2) is 0 Å². The second-order valence-corrected chi connectivity index (χ2v) is 9.91. The lowest BCUT2D eigenvalue weighted by Crippen LogP contribution is -2.28. The van der Waals surface area contributed by atoms with E-state index in [-0.39, 0.29) is 23.8 Å². The summed E-state index contributed by atoms with van der Waals surface area (Å²) < 4.78 is 3.55. The van der Waals surface area contributed by atoms with Crippen molar-refractivity contribution in [3.8, 4) is 22.5 Å². The molecule has 1 unspecified atom stereocenters. The molecule has 0 saturated heterocycles. The van der Waals surface area contributed by atoms with Gasteiger partial charge in [-0.25, -0.2) is 4.98 Å². The molecule has 0 aliphatic carbocycles. The molecule has 4 aromatic rings. The number of primary amides is 1. The van der Waals surface area contributed by atoms with Crippen LogP contribution in [0.4, 0.5) is 0 Å². The number of aryl methyl sites for hydroxylation is 1. The highest BCUT2D eigenvalue weighted by Crippen LogP contribution is 2.26. The maximum atomic E-state index is 12.8. The van der Waals surface area contributed by atoms with Crippen LogP contribution in [0.2, 0.25) is 0 Å². The summed E-state index contributed by atoms with van der Waals surface area (Å²) in [7, 11) is 1.90. The van der Waals surface area contributed by atoms with E-state index >= 15 is 0 Å². The lowest BCUT2D eigenvalue weighted by atomic mass is 9.99. The molecule has 38 heavy (non-hydrogen) atoms. The van der Waals surface area contributed by atoms with E-state index < -0.39 is 0 Å². The van der Waals surface area contributed by atoms with Gasteiger partial charge in [0.25, 0.3) is 5.91 Å². The Kier molecular flexibility index (Phi) is 8.73. The quantitative estimate of drug-likeness (QED) is 0.229. The Morgan fingerprint density at radius 1 is 1.05 bits per heavy atom. The molecule has 0 radical (unpaired) electrons. The van der Waals surface area contributed by atoms with Crippen molar-refractivity contribution in [2.24, 2.45) is 12.8 Å². The van der Waals surface area contributed by atoms with Crippen LogP contribution in [-0.2, 0) is 11.8 Å². The van der Waals surface area contributed by atoms with Crippen LogP contribution in [0.3, 0.4) is 0 Å². The summed E-state index contributed by atoms with van der Waals surface area (Å²) in [5.74, 6) is 0.379. The predicted octanol–water partition coefficient (Wildman–Crippen LogP) is 4.20. The lowest BCUT2D eigenvalue weighted by Gasteiger charge is -2.15. The first kappa shape index (κ1) is 26.8. The molecule has 1 atom stereocenters. The molecule has 10 heteroatoms. The Morgan fingerprint density at radius 3 is 2.47 bits per heavy atom. The van der Waals surface area contributed by atoms with Crippen LogP contribution < -0.4 is 11.1 Å². The molecule has 3 heterocycles. The van der Waals surface area contributed by atoms with Gasteiger partial charge in [0.2, 0.25) is 5.91 Å². The van der Waals surface area contributed by atoms with E-state index in [0.29, 0.717) is 18.5 Å². The van der Waals surface area contributed by atoms with Crippen molar-refractivity contribution in [3.63, 3.8) is 0 Å². The van der Waals surface area contributed by atoms with E-state index in [9.17, 15) is 9.59 Å². The molecule has 0 aliphatic rings. The van der Waals surface area contributed by atoms with Crippen LogP contribution in [0, 0.1) is 0 Å². The molecule has 200 valence electrons. The molecule has 4 rings (SSSR count). The molecular formula is C28H36N8O2. The number of imidazole rings is 1. The van der Waals surface area contributed by atoms with Gasteiger partial charge in [-0.05, 0) is 38.3 Å². The lowest BCUT2D eigenvalue weighted by molar-refractivity contribution is -0.118. The smallest absolute Gasteiger partial charge is 0.254 e. The number of nitrogens with two attached hydrogens (primary N) is 1. The van der Waals surface area contributed by atoms with Crippen molar-refractivity contribution in [3.05, 3.63) is 66.5 Å². The molecule has 0 aliphatic heterocycles. The number of aromatic amines is 1. The highest BCUT2D eigenvalue weighted by atomic mass is 16.2. The van der Waals surface area contributed by atoms with Crippen molar-refractivity contribution in [1.82, 2.24) is 34.8 Å². The maximum Gasteiger partial charge on any atom is 0.254 e. The van der Waals surface area contributed by atoms with Gasteiger partial charge in [-0.15, -0.1) is 0 Å². The van der Waals surface area contributed by atoms with Crippen molar-refractivity contribution < 1.29 is 9.59 Å². The average Bonchev–Trinajstić information content (AvgIpc) is 3.66. The van der Waals surface area contributed by atoms with Crippen LogP contribution in [0.15, 0.2) is 55.1 Å². The number of carbonyl (C=O) groups is 2. The molecule has 1 aromatic carbocycles. The van der Waals surface area contributed by atoms with Crippen LogP contribution >= 0.6 is 0 Å². The Bertz CT molecular complexity index is 1350. The monoisotopic (exact) mass is 516 g/mol. The fraction of sp³-hybridized carbons (Fsp3) is 0.393. The van der Waals surface area contributed by atoms with Gasteiger partial charge in [-0.1, -0.05) is 37.1 Å². The largest absolute Gasteiger partial charge is 0.370 e. The first-order chi connectivity index (χ1) is 18.3. The van der Waals surface area contributed by atoms with Gasteiger partial charge in [0, 0.05) is 49.9 Å².